The summed E-state index contributed by atoms with van der Waals surface area (Å²) in [5.74, 6) is 5.58. The van der Waals surface area contributed by atoms with E-state index in [0.717, 1.165) is 27.9 Å². The number of aryl methyl sites for hydroxylation is 2. The lowest BCUT2D eigenvalue weighted by atomic mass is 10.0. The van der Waals surface area contributed by atoms with Gasteiger partial charge < -0.3 is 11.6 Å². The first-order valence-electron chi connectivity index (χ1n) is 5.69. The predicted molar refractivity (Wildman–Crippen MR) is 74.1 cm³/mol. The molecule has 92 valence electrons. The molecular formula is C14H16N4. The smallest absolute Gasteiger partial charge is 0.150 e. The summed E-state index contributed by atoms with van der Waals surface area (Å²) >= 11 is 0. The highest BCUT2D eigenvalue weighted by Crippen LogP contribution is 2.23. The Hall–Kier alpha value is -2.36. The zero-order chi connectivity index (χ0) is 13.1. The fraction of sp³-hybridized carbons (Fsp3) is 0.143. The van der Waals surface area contributed by atoms with E-state index >= 15 is 0 Å². The molecule has 4 N–H and O–H groups in total. The zero-order valence-electron chi connectivity index (χ0n) is 10.5. The van der Waals surface area contributed by atoms with Crippen LogP contribution in [0.4, 0.5) is 0 Å². The Bertz CT molecular complexity index is 585. The molecule has 4 heteroatoms. The number of hydrogen-bond donors (Lipinski definition) is 2. The van der Waals surface area contributed by atoms with Gasteiger partial charge in [0.1, 0.15) is 0 Å². The second-order valence-corrected chi connectivity index (χ2v) is 4.28. The first kappa shape index (κ1) is 12.1. The van der Waals surface area contributed by atoms with Crippen molar-refractivity contribution in [3.8, 4) is 11.3 Å². The lowest BCUT2D eigenvalue weighted by molar-refractivity contribution is 1.22. The molecule has 0 spiro atoms. The summed E-state index contributed by atoms with van der Waals surface area (Å²) in [4.78, 5) is 4.40. The number of nitrogens with zero attached hydrogens (tertiary/aromatic N) is 2. The number of amidine groups is 1. The topological polar surface area (TPSA) is 77.3 Å². The Kier molecular flexibility index (Phi) is 3.28. The Morgan fingerprint density at radius 1 is 1.11 bits per heavy atom. The highest BCUT2D eigenvalue weighted by Gasteiger charge is 2.09. The highest BCUT2D eigenvalue weighted by atomic mass is 15.2. The van der Waals surface area contributed by atoms with E-state index in [1.165, 1.54) is 0 Å². The van der Waals surface area contributed by atoms with Crippen molar-refractivity contribution in [2.24, 2.45) is 16.7 Å². The van der Waals surface area contributed by atoms with Crippen LogP contribution in [-0.4, -0.2) is 10.8 Å². The molecule has 0 radical (unpaired) electrons. The standard InChI is InChI=1S/C14H16N4/c1-9-3-5-11(12(7-9)14(15)18-16)13-6-4-10(2)8-17-13/h3-8H,16H2,1-2H3,(H2,15,18). The van der Waals surface area contributed by atoms with Crippen molar-refractivity contribution in [3.05, 3.63) is 53.2 Å². The van der Waals surface area contributed by atoms with Gasteiger partial charge in [-0.05, 0) is 31.5 Å². The van der Waals surface area contributed by atoms with Crippen LogP contribution < -0.4 is 11.6 Å². The van der Waals surface area contributed by atoms with Gasteiger partial charge in [0.15, 0.2) is 5.84 Å². The molecule has 0 aliphatic rings. The molecule has 0 saturated carbocycles. The van der Waals surface area contributed by atoms with E-state index in [1.807, 2.05) is 50.4 Å². The van der Waals surface area contributed by atoms with E-state index in [9.17, 15) is 0 Å². The maximum absolute atomic E-state index is 5.83. The van der Waals surface area contributed by atoms with Crippen LogP contribution in [-0.2, 0) is 0 Å². The minimum absolute atomic E-state index is 0.316. The lowest BCUT2D eigenvalue weighted by Crippen LogP contribution is -2.17. The van der Waals surface area contributed by atoms with Crippen molar-refractivity contribution in [1.29, 1.82) is 0 Å². The Morgan fingerprint density at radius 2 is 1.83 bits per heavy atom. The fourth-order valence-corrected chi connectivity index (χ4v) is 1.79. The van der Waals surface area contributed by atoms with Gasteiger partial charge in [0.05, 0.1) is 5.69 Å². The monoisotopic (exact) mass is 240 g/mol. The Labute approximate surface area is 106 Å². The molecule has 18 heavy (non-hydrogen) atoms. The van der Waals surface area contributed by atoms with Crippen LogP contribution >= 0.6 is 0 Å². The third-order valence-corrected chi connectivity index (χ3v) is 2.78. The number of aromatic nitrogens is 1. The third-order valence-electron chi connectivity index (χ3n) is 2.78. The molecule has 1 aromatic heterocycles. The van der Waals surface area contributed by atoms with Crippen molar-refractivity contribution in [1.82, 2.24) is 4.98 Å². The van der Waals surface area contributed by atoms with Crippen LogP contribution in [0.15, 0.2) is 41.6 Å². The second kappa shape index (κ2) is 4.87. The van der Waals surface area contributed by atoms with E-state index in [-0.39, 0.29) is 0 Å². The molecule has 0 fully saturated rings. The summed E-state index contributed by atoms with van der Waals surface area (Å²) in [5.41, 5.74) is 10.7. The first-order chi connectivity index (χ1) is 8.61. The maximum Gasteiger partial charge on any atom is 0.150 e. The molecular weight excluding hydrogens is 224 g/mol. The van der Waals surface area contributed by atoms with Gasteiger partial charge in [-0.25, -0.2) is 0 Å². The molecule has 0 bridgehead atoms. The average Bonchev–Trinajstić information content (AvgIpc) is 2.39. The number of benzene rings is 1. The largest absolute Gasteiger partial charge is 0.382 e. The van der Waals surface area contributed by atoms with E-state index in [4.69, 9.17) is 11.6 Å². The summed E-state index contributed by atoms with van der Waals surface area (Å²) in [6.07, 6.45) is 1.83. The predicted octanol–water partition coefficient (Wildman–Crippen LogP) is 1.94. The van der Waals surface area contributed by atoms with Gasteiger partial charge >= 0.3 is 0 Å². The average molecular weight is 240 g/mol. The van der Waals surface area contributed by atoms with Gasteiger partial charge in [-0.2, -0.15) is 5.10 Å². The normalized spacial score (nSPS) is 11.6. The first-order valence-corrected chi connectivity index (χ1v) is 5.69. The third kappa shape index (κ3) is 2.32. The molecule has 2 rings (SSSR count). The minimum atomic E-state index is 0.316. The number of nitrogens with two attached hydrogens (primary N) is 2. The van der Waals surface area contributed by atoms with Crippen LogP contribution in [0.5, 0.6) is 0 Å². The minimum Gasteiger partial charge on any atom is -0.382 e. The number of pyridine rings is 1. The Balaban J connectivity index is 2.60. The SMILES string of the molecule is Cc1ccc(-c2ccc(C)cc2/C(N)=N/N)nc1. The quantitative estimate of drug-likeness (QED) is 0.364. The zero-order valence-corrected chi connectivity index (χ0v) is 10.5. The van der Waals surface area contributed by atoms with Crippen molar-refractivity contribution < 1.29 is 0 Å². The lowest BCUT2D eigenvalue weighted by Gasteiger charge is -2.09. The van der Waals surface area contributed by atoms with Gasteiger partial charge in [-0.1, -0.05) is 23.8 Å². The fourth-order valence-electron chi connectivity index (χ4n) is 1.79. The van der Waals surface area contributed by atoms with Crippen LogP contribution in [0.3, 0.4) is 0 Å². The van der Waals surface area contributed by atoms with Crippen LogP contribution in [0.25, 0.3) is 11.3 Å². The summed E-state index contributed by atoms with van der Waals surface area (Å²) in [7, 11) is 0. The molecule has 0 atom stereocenters. The summed E-state index contributed by atoms with van der Waals surface area (Å²) < 4.78 is 0. The van der Waals surface area contributed by atoms with Gasteiger partial charge in [0.25, 0.3) is 0 Å². The summed E-state index contributed by atoms with van der Waals surface area (Å²) in [6, 6.07) is 9.95. The second-order valence-electron chi connectivity index (χ2n) is 4.28. The van der Waals surface area contributed by atoms with Crippen molar-refractivity contribution in [2.75, 3.05) is 0 Å². The molecule has 0 saturated heterocycles. The van der Waals surface area contributed by atoms with Crippen molar-refractivity contribution in [3.63, 3.8) is 0 Å². The molecule has 4 nitrogen and oxygen atoms in total. The van der Waals surface area contributed by atoms with Gasteiger partial charge in [-0.15, -0.1) is 0 Å². The van der Waals surface area contributed by atoms with E-state index in [1.54, 1.807) is 0 Å². The number of hydrogen-bond acceptors (Lipinski definition) is 3. The van der Waals surface area contributed by atoms with Gasteiger partial charge in [0.2, 0.25) is 0 Å². The van der Waals surface area contributed by atoms with E-state index < -0.39 is 0 Å². The van der Waals surface area contributed by atoms with Gasteiger partial charge in [0, 0.05) is 17.3 Å². The molecule has 0 amide bonds. The number of rotatable bonds is 2. The molecule has 0 aliphatic heterocycles. The van der Waals surface area contributed by atoms with Gasteiger partial charge in [-0.3, -0.25) is 4.98 Å². The van der Waals surface area contributed by atoms with Crippen molar-refractivity contribution >= 4 is 5.84 Å². The van der Waals surface area contributed by atoms with Crippen LogP contribution in [0.2, 0.25) is 0 Å². The maximum atomic E-state index is 5.83. The molecule has 1 heterocycles. The van der Waals surface area contributed by atoms with Crippen LogP contribution in [0.1, 0.15) is 16.7 Å². The van der Waals surface area contributed by atoms with E-state index in [2.05, 4.69) is 10.1 Å². The number of hydrazone groups is 1. The summed E-state index contributed by atoms with van der Waals surface area (Å²) in [6.45, 7) is 4.00. The molecule has 0 aliphatic carbocycles. The Morgan fingerprint density at radius 3 is 2.44 bits per heavy atom. The van der Waals surface area contributed by atoms with Crippen LogP contribution in [0, 0.1) is 13.8 Å². The molecule has 0 unspecified atom stereocenters. The van der Waals surface area contributed by atoms with Crippen molar-refractivity contribution in [2.45, 2.75) is 13.8 Å². The highest BCUT2D eigenvalue weighted by molar-refractivity contribution is 6.03. The van der Waals surface area contributed by atoms with E-state index in [0.29, 0.717) is 5.84 Å². The summed E-state index contributed by atoms with van der Waals surface area (Å²) in [5, 5.41) is 3.57. The molecule has 2 aromatic rings. The molecule has 1 aromatic carbocycles.